The molecule has 1 aromatic heterocycles. The van der Waals surface area contributed by atoms with Crippen LogP contribution in [-0.4, -0.2) is 54.0 Å². The van der Waals surface area contributed by atoms with Crippen LogP contribution in [0.4, 0.5) is 0 Å². The van der Waals surface area contributed by atoms with Crippen molar-refractivity contribution in [3.8, 4) is 0 Å². The van der Waals surface area contributed by atoms with Crippen LogP contribution in [0.3, 0.4) is 0 Å². The first-order chi connectivity index (χ1) is 10.0. The Morgan fingerprint density at radius 3 is 2.62 bits per heavy atom. The Labute approximate surface area is 136 Å². The van der Waals surface area contributed by atoms with Gasteiger partial charge in [0, 0.05) is 36.8 Å². The van der Waals surface area contributed by atoms with Crippen molar-refractivity contribution in [1.82, 2.24) is 14.4 Å². The Morgan fingerprint density at radius 1 is 1.38 bits per heavy atom. The Bertz CT molecular complexity index is 476. The van der Waals surface area contributed by atoms with Crippen LogP contribution >= 0.6 is 15.9 Å². The maximum atomic E-state index is 12.7. The van der Waals surface area contributed by atoms with E-state index in [4.69, 9.17) is 0 Å². The van der Waals surface area contributed by atoms with E-state index in [1.54, 1.807) is 0 Å². The van der Waals surface area contributed by atoms with Gasteiger partial charge in [-0.15, -0.1) is 0 Å². The summed E-state index contributed by atoms with van der Waals surface area (Å²) in [4.78, 5) is 17.0. The molecule has 0 atom stereocenters. The molecule has 1 saturated heterocycles. The van der Waals surface area contributed by atoms with Crippen molar-refractivity contribution in [3.63, 3.8) is 0 Å². The summed E-state index contributed by atoms with van der Waals surface area (Å²) >= 11 is 3.48. The number of hydrogen-bond donors (Lipinski definition) is 0. The molecule has 1 aliphatic heterocycles. The highest BCUT2D eigenvalue weighted by Crippen LogP contribution is 2.22. The number of aryl methyl sites for hydroxylation is 1. The molecule has 118 valence electrons. The summed E-state index contributed by atoms with van der Waals surface area (Å²) in [5.41, 5.74) is 0.815. The predicted molar refractivity (Wildman–Crippen MR) is 89.6 cm³/mol. The van der Waals surface area contributed by atoms with Crippen LogP contribution in [0, 0.1) is 5.92 Å². The van der Waals surface area contributed by atoms with Crippen molar-refractivity contribution in [3.05, 3.63) is 22.4 Å². The van der Waals surface area contributed by atoms with E-state index < -0.39 is 0 Å². The number of aromatic nitrogens is 1. The quantitative estimate of drug-likeness (QED) is 0.811. The molecular weight excluding hydrogens is 330 g/mol. The zero-order valence-electron chi connectivity index (χ0n) is 13.3. The first-order valence-electron chi connectivity index (χ1n) is 7.81. The second-order valence-electron chi connectivity index (χ2n) is 6.23. The maximum Gasteiger partial charge on any atom is 0.270 e. The van der Waals surface area contributed by atoms with Gasteiger partial charge >= 0.3 is 0 Å². The van der Waals surface area contributed by atoms with Gasteiger partial charge in [-0.2, -0.15) is 0 Å². The summed E-state index contributed by atoms with van der Waals surface area (Å²) in [5.74, 6) is 0.899. The number of amides is 1. The number of carbonyl (C=O) groups is 1. The van der Waals surface area contributed by atoms with E-state index >= 15 is 0 Å². The van der Waals surface area contributed by atoms with Crippen molar-refractivity contribution in [1.29, 1.82) is 0 Å². The van der Waals surface area contributed by atoms with Crippen LogP contribution in [0.25, 0.3) is 0 Å². The molecule has 1 aromatic rings. The van der Waals surface area contributed by atoms with E-state index in [1.165, 1.54) is 0 Å². The molecule has 0 bridgehead atoms. The average Bonchev–Trinajstić information content (AvgIpc) is 2.79. The second kappa shape index (κ2) is 7.45. The highest BCUT2D eigenvalue weighted by atomic mass is 79.9. The average molecular weight is 356 g/mol. The first-order valence-corrected chi connectivity index (χ1v) is 8.60. The summed E-state index contributed by atoms with van der Waals surface area (Å²) in [7, 11) is 4.24. The maximum absolute atomic E-state index is 12.7. The van der Waals surface area contributed by atoms with Crippen LogP contribution in [0.2, 0.25) is 0 Å². The number of piperidine rings is 1. The second-order valence-corrected chi connectivity index (χ2v) is 7.15. The molecule has 21 heavy (non-hydrogen) atoms. The molecule has 1 amide bonds. The van der Waals surface area contributed by atoms with Gasteiger partial charge in [0.05, 0.1) is 0 Å². The lowest BCUT2D eigenvalue weighted by atomic mass is 9.96. The number of carbonyl (C=O) groups excluding carboxylic acids is 1. The van der Waals surface area contributed by atoms with E-state index in [1.807, 2.05) is 17.2 Å². The summed E-state index contributed by atoms with van der Waals surface area (Å²) < 4.78 is 3.06. The van der Waals surface area contributed by atoms with Crippen molar-refractivity contribution in [2.24, 2.45) is 5.92 Å². The molecule has 1 aliphatic rings. The van der Waals surface area contributed by atoms with Gasteiger partial charge in [0.1, 0.15) is 5.69 Å². The fourth-order valence-corrected chi connectivity index (χ4v) is 3.54. The molecule has 2 heterocycles. The molecule has 0 spiro atoms. The smallest absolute Gasteiger partial charge is 0.270 e. The Kier molecular flexibility index (Phi) is 5.88. The largest absolute Gasteiger partial charge is 0.342 e. The van der Waals surface area contributed by atoms with Gasteiger partial charge in [0.15, 0.2) is 0 Å². The van der Waals surface area contributed by atoms with Crippen molar-refractivity contribution >= 4 is 21.8 Å². The minimum absolute atomic E-state index is 0.178. The van der Waals surface area contributed by atoms with Gasteiger partial charge in [-0.05, 0) is 61.3 Å². The minimum Gasteiger partial charge on any atom is -0.342 e. The fraction of sp³-hybridized carbons (Fsp3) is 0.688. The van der Waals surface area contributed by atoms with Crippen molar-refractivity contribution in [2.75, 3.05) is 33.7 Å². The SMILES string of the molecule is CCCn1cc(Br)cc1C(=O)N1CCC(CN(C)C)CC1. The molecule has 0 aliphatic carbocycles. The van der Waals surface area contributed by atoms with Gasteiger partial charge in [-0.3, -0.25) is 4.79 Å². The number of hydrogen-bond acceptors (Lipinski definition) is 2. The van der Waals surface area contributed by atoms with E-state index in [2.05, 4.69) is 46.4 Å². The molecule has 0 radical (unpaired) electrons. The first kappa shape index (κ1) is 16.6. The highest BCUT2D eigenvalue weighted by molar-refractivity contribution is 9.10. The van der Waals surface area contributed by atoms with E-state index in [0.29, 0.717) is 0 Å². The van der Waals surface area contributed by atoms with Gasteiger partial charge in [-0.1, -0.05) is 6.92 Å². The van der Waals surface area contributed by atoms with E-state index in [0.717, 1.165) is 61.5 Å². The zero-order valence-corrected chi connectivity index (χ0v) is 14.9. The van der Waals surface area contributed by atoms with Gasteiger partial charge in [0.25, 0.3) is 5.91 Å². The molecule has 0 unspecified atom stereocenters. The van der Waals surface area contributed by atoms with Crippen LogP contribution in [0.15, 0.2) is 16.7 Å². The zero-order chi connectivity index (χ0) is 15.4. The number of rotatable bonds is 5. The normalized spacial score (nSPS) is 16.7. The molecule has 0 N–H and O–H groups in total. The lowest BCUT2D eigenvalue weighted by Gasteiger charge is -2.33. The summed E-state index contributed by atoms with van der Waals surface area (Å²) in [6.07, 6.45) is 5.26. The summed E-state index contributed by atoms with van der Waals surface area (Å²) in [5, 5.41) is 0. The number of halogens is 1. The third-order valence-electron chi connectivity index (χ3n) is 4.07. The van der Waals surface area contributed by atoms with Gasteiger partial charge < -0.3 is 14.4 Å². The van der Waals surface area contributed by atoms with E-state index in [-0.39, 0.29) is 5.91 Å². The Morgan fingerprint density at radius 2 is 2.05 bits per heavy atom. The van der Waals surface area contributed by atoms with E-state index in [9.17, 15) is 4.79 Å². The lowest BCUT2D eigenvalue weighted by molar-refractivity contribution is 0.0667. The third kappa shape index (κ3) is 4.33. The molecule has 5 heteroatoms. The predicted octanol–water partition coefficient (Wildman–Crippen LogP) is 3.07. The number of likely N-dealkylation sites (tertiary alicyclic amines) is 1. The molecule has 1 fully saturated rings. The van der Waals surface area contributed by atoms with Gasteiger partial charge in [0.2, 0.25) is 0 Å². The molecule has 4 nitrogen and oxygen atoms in total. The number of nitrogens with zero attached hydrogens (tertiary/aromatic N) is 3. The van der Waals surface area contributed by atoms with Crippen LogP contribution in [0.5, 0.6) is 0 Å². The summed E-state index contributed by atoms with van der Waals surface area (Å²) in [6, 6.07) is 1.95. The monoisotopic (exact) mass is 355 g/mol. The van der Waals surface area contributed by atoms with Crippen LogP contribution < -0.4 is 0 Å². The van der Waals surface area contributed by atoms with Crippen LogP contribution in [0.1, 0.15) is 36.7 Å². The highest BCUT2D eigenvalue weighted by Gasteiger charge is 2.25. The standard InChI is InChI=1S/C16H26BrN3O/c1-4-7-20-12-14(17)10-15(20)16(21)19-8-5-13(6-9-19)11-18(2)3/h10,12-13H,4-9,11H2,1-3H3. The van der Waals surface area contributed by atoms with Crippen molar-refractivity contribution < 1.29 is 4.79 Å². The topological polar surface area (TPSA) is 28.5 Å². The molecular formula is C16H26BrN3O. The van der Waals surface area contributed by atoms with Crippen LogP contribution in [-0.2, 0) is 6.54 Å². The third-order valence-corrected chi connectivity index (χ3v) is 4.51. The molecule has 0 aromatic carbocycles. The molecule has 2 rings (SSSR count). The lowest BCUT2D eigenvalue weighted by Crippen LogP contribution is -2.41. The fourth-order valence-electron chi connectivity index (χ4n) is 3.08. The summed E-state index contributed by atoms with van der Waals surface area (Å²) in [6.45, 7) is 5.91. The minimum atomic E-state index is 0.178. The Hall–Kier alpha value is -0.810. The van der Waals surface area contributed by atoms with Gasteiger partial charge in [-0.25, -0.2) is 0 Å². The Balaban J connectivity index is 1.98. The van der Waals surface area contributed by atoms with Crippen molar-refractivity contribution in [2.45, 2.75) is 32.7 Å². The molecule has 0 saturated carbocycles.